The lowest BCUT2D eigenvalue weighted by molar-refractivity contribution is 0.388. The van der Waals surface area contributed by atoms with E-state index in [2.05, 4.69) is 22.4 Å². The van der Waals surface area contributed by atoms with E-state index >= 15 is 0 Å². The predicted molar refractivity (Wildman–Crippen MR) is 74.3 cm³/mol. The third-order valence-electron chi connectivity index (χ3n) is 3.87. The summed E-state index contributed by atoms with van der Waals surface area (Å²) < 4.78 is 15.1. The van der Waals surface area contributed by atoms with Gasteiger partial charge in [-0.1, -0.05) is 19.8 Å². The maximum Gasteiger partial charge on any atom is 0.182 e. The summed E-state index contributed by atoms with van der Waals surface area (Å²) in [4.78, 5) is 0. The van der Waals surface area contributed by atoms with Crippen molar-refractivity contribution >= 4 is 5.69 Å². The number of anilines is 1. The van der Waals surface area contributed by atoms with Crippen LogP contribution in [0.25, 0.3) is 11.4 Å². The molecule has 1 unspecified atom stereocenters. The van der Waals surface area contributed by atoms with Gasteiger partial charge in [-0.05, 0) is 47.4 Å². The fourth-order valence-corrected chi connectivity index (χ4v) is 2.49. The maximum absolute atomic E-state index is 13.3. The lowest BCUT2D eigenvalue weighted by Gasteiger charge is -2.16. The summed E-state index contributed by atoms with van der Waals surface area (Å²) in [6.45, 7) is 2.14. The summed E-state index contributed by atoms with van der Waals surface area (Å²) in [6.07, 6.45) is 4.69. The van der Waals surface area contributed by atoms with Crippen molar-refractivity contribution < 1.29 is 4.39 Å². The van der Waals surface area contributed by atoms with E-state index < -0.39 is 5.82 Å². The van der Waals surface area contributed by atoms with Crippen molar-refractivity contribution in [2.75, 3.05) is 5.73 Å². The van der Waals surface area contributed by atoms with E-state index in [4.69, 9.17) is 5.73 Å². The average Bonchev–Trinajstić information content (AvgIpc) is 3.14. The fourth-order valence-electron chi connectivity index (χ4n) is 2.49. The van der Waals surface area contributed by atoms with E-state index in [1.807, 2.05) is 4.68 Å². The van der Waals surface area contributed by atoms with Crippen LogP contribution in [0, 0.1) is 11.7 Å². The Morgan fingerprint density at radius 3 is 2.90 bits per heavy atom. The Morgan fingerprint density at radius 1 is 1.45 bits per heavy atom. The van der Waals surface area contributed by atoms with E-state index in [0.29, 0.717) is 11.9 Å². The number of tetrazole rings is 1. The van der Waals surface area contributed by atoms with Gasteiger partial charge in [0.25, 0.3) is 0 Å². The van der Waals surface area contributed by atoms with Crippen molar-refractivity contribution in [3.8, 4) is 11.4 Å². The number of hydrogen-bond donors (Lipinski definition) is 1. The van der Waals surface area contributed by atoms with Crippen molar-refractivity contribution in [1.82, 2.24) is 20.2 Å². The molecule has 5 nitrogen and oxygen atoms in total. The summed E-state index contributed by atoms with van der Waals surface area (Å²) in [5.74, 6) is 1.04. The minimum atomic E-state index is -0.419. The van der Waals surface area contributed by atoms with Gasteiger partial charge in [-0.3, -0.25) is 0 Å². The third kappa shape index (κ3) is 2.50. The molecule has 1 aromatic carbocycles. The highest BCUT2D eigenvalue weighted by atomic mass is 19.1. The molecule has 1 heterocycles. The van der Waals surface area contributed by atoms with Crippen LogP contribution in [-0.2, 0) is 0 Å². The molecule has 1 aliphatic carbocycles. The highest BCUT2D eigenvalue weighted by molar-refractivity contribution is 5.61. The first-order valence-corrected chi connectivity index (χ1v) is 7.02. The molecule has 1 fully saturated rings. The van der Waals surface area contributed by atoms with Gasteiger partial charge >= 0.3 is 0 Å². The number of hydrogen-bond acceptors (Lipinski definition) is 4. The molecule has 106 valence electrons. The number of halogens is 1. The zero-order valence-corrected chi connectivity index (χ0v) is 11.5. The molecule has 0 saturated heterocycles. The zero-order chi connectivity index (χ0) is 14.1. The molecule has 0 radical (unpaired) electrons. The van der Waals surface area contributed by atoms with Crippen molar-refractivity contribution in [2.24, 2.45) is 5.92 Å². The van der Waals surface area contributed by atoms with Gasteiger partial charge in [-0.15, -0.1) is 5.10 Å². The molecule has 1 aliphatic rings. The van der Waals surface area contributed by atoms with Gasteiger partial charge in [0.05, 0.1) is 11.7 Å². The van der Waals surface area contributed by atoms with Crippen LogP contribution in [0.2, 0.25) is 0 Å². The Labute approximate surface area is 117 Å². The molecule has 3 rings (SSSR count). The third-order valence-corrected chi connectivity index (χ3v) is 3.87. The molecule has 2 N–H and O–H groups in total. The average molecular weight is 275 g/mol. The Bertz CT molecular complexity index is 605. The Morgan fingerprint density at radius 2 is 2.25 bits per heavy atom. The SMILES string of the molecule is CCC(CC1CC1)n1nnnc1-c1ccc(F)c(N)c1. The summed E-state index contributed by atoms with van der Waals surface area (Å²) in [5.41, 5.74) is 6.49. The first-order chi connectivity index (χ1) is 9.69. The van der Waals surface area contributed by atoms with Crippen LogP contribution in [0.4, 0.5) is 10.1 Å². The first kappa shape index (κ1) is 13.0. The maximum atomic E-state index is 13.3. The van der Waals surface area contributed by atoms with Gasteiger partial charge in [0.2, 0.25) is 0 Å². The Balaban J connectivity index is 1.93. The molecule has 6 heteroatoms. The predicted octanol–water partition coefficient (Wildman–Crippen LogP) is 2.81. The van der Waals surface area contributed by atoms with E-state index in [9.17, 15) is 4.39 Å². The molecule has 1 atom stereocenters. The smallest absolute Gasteiger partial charge is 0.182 e. The number of nitrogens with two attached hydrogens (primary N) is 1. The van der Waals surface area contributed by atoms with E-state index in [-0.39, 0.29) is 5.69 Å². The van der Waals surface area contributed by atoms with Gasteiger partial charge < -0.3 is 5.73 Å². The first-order valence-electron chi connectivity index (χ1n) is 7.02. The highest BCUT2D eigenvalue weighted by Gasteiger charge is 2.27. The second-order valence-corrected chi connectivity index (χ2v) is 5.42. The minimum Gasteiger partial charge on any atom is -0.396 e. The van der Waals surface area contributed by atoms with E-state index in [1.54, 1.807) is 12.1 Å². The number of nitrogen functional groups attached to an aromatic ring is 1. The summed E-state index contributed by atoms with van der Waals surface area (Å²) in [5, 5.41) is 12.0. The topological polar surface area (TPSA) is 69.6 Å². The monoisotopic (exact) mass is 275 g/mol. The summed E-state index contributed by atoms with van der Waals surface area (Å²) in [7, 11) is 0. The van der Waals surface area contributed by atoms with E-state index in [0.717, 1.165) is 24.3 Å². The fraction of sp³-hybridized carbons (Fsp3) is 0.500. The summed E-state index contributed by atoms with van der Waals surface area (Å²) >= 11 is 0. The molecular formula is C14H18FN5. The number of aromatic nitrogens is 4. The molecule has 0 aliphatic heterocycles. The standard InChI is InChI=1S/C14H18FN5/c1-2-11(7-9-3-4-9)20-14(17-18-19-20)10-5-6-12(15)13(16)8-10/h5-6,8-9,11H,2-4,7,16H2,1H3. The largest absolute Gasteiger partial charge is 0.396 e. The highest BCUT2D eigenvalue weighted by Crippen LogP contribution is 2.38. The van der Waals surface area contributed by atoms with Crippen molar-refractivity contribution in [3.63, 3.8) is 0 Å². The Kier molecular flexibility index (Phi) is 3.38. The van der Waals surface area contributed by atoms with Crippen molar-refractivity contribution in [1.29, 1.82) is 0 Å². The molecular weight excluding hydrogens is 257 g/mol. The molecule has 2 aromatic rings. The second kappa shape index (κ2) is 5.19. The van der Waals surface area contributed by atoms with Crippen LogP contribution < -0.4 is 5.73 Å². The zero-order valence-electron chi connectivity index (χ0n) is 11.5. The quantitative estimate of drug-likeness (QED) is 0.852. The van der Waals surface area contributed by atoms with E-state index in [1.165, 1.54) is 18.9 Å². The van der Waals surface area contributed by atoms with Crippen LogP contribution in [0.5, 0.6) is 0 Å². The molecule has 1 aromatic heterocycles. The van der Waals surface area contributed by atoms with Gasteiger partial charge in [-0.2, -0.15) is 0 Å². The molecule has 0 spiro atoms. The molecule has 20 heavy (non-hydrogen) atoms. The van der Waals surface area contributed by atoms with Crippen LogP contribution in [0.3, 0.4) is 0 Å². The molecule has 0 amide bonds. The lowest BCUT2D eigenvalue weighted by Crippen LogP contribution is -2.12. The normalized spacial score (nSPS) is 16.3. The molecule has 0 bridgehead atoms. The Hall–Kier alpha value is -1.98. The van der Waals surface area contributed by atoms with Crippen molar-refractivity contribution in [2.45, 2.75) is 38.6 Å². The number of benzene rings is 1. The molecule has 1 saturated carbocycles. The van der Waals surface area contributed by atoms with Crippen LogP contribution in [-0.4, -0.2) is 20.2 Å². The van der Waals surface area contributed by atoms with Gasteiger partial charge in [0, 0.05) is 5.56 Å². The van der Waals surface area contributed by atoms with Crippen LogP contribution in [0.15, 0.2) is 18.2 Å². The van der Waals surface area contributed by atoms with Crippen molar-refractivity contribution in [3.05, 3.63) is 24.0 Å². The number of rotatable bonds is 5. The van der Waals surface area contributed by atoms with Crippen LogP contribution in [0.1, 0.15) is 38.6 Å². The lowest BCUT2D eigenvalue weighted by atomic mass is 10.1. The van der Waals surface area contributed by atoms with Gasteiger partial charge in [0.15, 0.2) is 5.82 Å². The number of nitrogens with zero attached hydrogens (tertiary/aromatic N) is 4. The second-order valence-electron chi connectivity index (χ2n) is 5.42. The minimum absolute atomic E-state index is 0.118. The van der Waals surface area contributed by atoms with Gasteiger partial charge in [0.1, 0.15) is 5.82 Å². The summed E-state index contributed by atoms with van der Waals surface area (Å²) in [6, 6.07) is 4.89. The van der Waals surface area contributed by atoms with Gasteiger partial charge in [-0.25, -0.2) is 9.07 Å². The van der Waals surface area contributed by atoms with Crippen LogP contribution >= 0.6 is 0 Å².